The zero-order valence-corrected chi connectivity index (χ0v) is 30.4. The lowest BCUT2D eigenvalue weighted by Crippen LogP contribution is -2.50. The standard InChI is InChI=1S/C19H22O2.C13H20O2.C8H8O.C4H8O/c20-17(16-4-2-1-3-5-16)9-18(21)19-10-13-6-14(11-19)8-15(7-13)12-19;1-2-15-12(14)13-6-9-3-10(7-13)5-11(4-9)8-13;1-7(9)8-5-3-2-4-6-8;1-2-4-5-3-1/h1-5,13-15H,6-12H2;9-11H,2-8H2,1H3;2-6H,1H3;1-4H2. The van der Waals surface area contributed by atoms with Crippen LogP contribution in [0.3, 0.4) is 0 Å². The van der Waals surface area contributed by atoms with Crippen molar-refractivity contribution in [1.82, 2.24) is 0 Å². The molecule has 270 valence electrons. The van der Waals surface area contributed by atoms with E-state index in [1.165, 1.54) is 51.4 Å². The maximum atomic E-state index is 12.9. The van der Waals surface area contributed by atoms with Gasteiger partial charge in [-0.15, -0.1) is 0 Å². The van der Waals surface area contributed by atoms with E-state index in [0.717, 1.165) is 92.8 Å². The van der Waals surface area contributed by atoms with Gasteiger partial charge in [-0.1, -0.05) is 60.7 Å². The molecule has 0 unspecified atom stereocenters. The van der Waals surface area contributed by atoms with Gasteiger partial charge in [-0.2, -0.15) is 0 Å². The maximum absolute atomic E-state index is 12.9. The number of hydrogen-bond donors (Lipinski definition) is 0. The normalized spacial score (nSPS) is 33.5. The van der Waals surface area contributed by atoms with Crippen LogP contribution in [0.15, 0.2) is 60.7 Å². The summed E-state index contributed by atoms with van der Waals surface area (Å²) in [5.74, 6) is 5.24. The highest BCUT2D eigenvalue weighted by Gasteiger charge is 2.56. The van der Waals surface area contributed by atoms with Crippen LogP contribution in [0, 0.1) is 46.3 Å². The minimum absolute atomic E-state index is 0.00338. The lowest BCUT2D eigenvalue weighted by Gasteiger charge is -2.56. The second-order valence-corrected chi connectivity index (χ2v) is 16.7. The predicted octanol–water partition coefficient (Wildman–Crippen LogP) is 9.50. The topological polar surface area (TPSA) is 86.7 Å². The third-order valence-corrected chi connectivity index (χ3v) is 12.8. The lowest BCUT2D eigenvalue weighted by atomic mass is 9.48. The molecule has 8 bridgehead atoms. The van der Waals surface area contributed by atoms with E-state index < -0.39 is 0 Å². The Bertz CT molecular complexity index is 1380. The molecule has 0 atom stereocenters. The highest BCUT2D eigenvalue weighted by atomic mass is 16.5. The minimum atomic E-state index is -0.140. The molecule has 0 spiro atoms. The molecule has 50 heavy (non-hydrogen) atoms. The summed E-state index contributed by atoms with van der Waals surface area (Å²) in [4.78, 5) is 47.9. The number of esters is 1. The number of rotatable bonds is 7. The molecule has 0 aromatic heterocycles. The zero-order valence-electron chi connectivity index (χ0n) is 30.4. The van der Waals surface area contributed by atoms with E-state index in [2.05, 4.69) is 0 Å². The number of ether oxygens (including phenoxy) is 2. The second-order valence-electron chi connectivity index (χ2n) is 16.7. The van der Waals surface area contributed by atoms with Crippen molar-refractivity contribution in [1.29, 1.82) is 0 Å². The van der Waals surface area contributed by atoms with Crippen LogP contribution in [0.4, 0.5) is 0 Å². The van der Waals surface area contributed by atoms with Crippen LogP contribution in [-0.4, -0.2) is 43.1 Å². The Morgan fingerprint density at radius 3 is 1.36 bits per heavy atom. The Labute approximate surface area is 299 Å². The maximum Gasteiger partial charge on any atom is 0.312 e. The van der Waals surface area contributed by atoms with E-state index in [0.29, 0.717) is 12.2 Å². The number of carbonyl (C=O) groups excluding carboxylic acids is 4. The van der Waals surface area contributed by atoms with E-state index >= 15 is 0 Å². The summed E-state index contributed by atoms with van der Waals surface area (Å²) >= 11 is 0. The van der Waals surface area contributed by atoms with Gasteiger partial charge in [0.25, 0.3) is 0 Å². The second kappa shape index (κ2) is 16.5. The number of hydrogen-bond acceptors (Lipinski definition) is 6. The molecule has 0 amide bonds. The van der Waals surface area contributed by atoms with E-state index in [-0.39, 0.29) is 40.6 Å². The van der Waals surface area contributed by atoms with Crippen molar-refractivity contribution < 1.29 is 28.7 Å². The SMILES string of the molecule is C1CCOC1.CC(=O)c1ccccc1.CCOC(=O)C12CC3CC(CC(C3)C1)C2.O=C(CC(=O)C12CC3CC(CC(C3)C1)C2)c1ccccc1. The first-order chi connectivity index (χ1) is 24.2. The summed E-state index contributed by atoms with van der Waals surface area (Å²) in [5.41, 5.74) is 1.26. The first kappa shape index (κ1) is 36.7. The zero-order chi connectivity index (χ0) is 35.1. The van der Waals surface area contributed by atoms with Crippen molar-refractivity contribution >= 4 is 23.3 Å². The van der Waals surface area contributed by atoms with Crippen LogP contribution in [0.1, 0.15) is 131 Å². The molecule has 9 aliphatic rings. The Morgan fingerprint density at radius 2 is 1.02 bits per heavy atom. The van der Waals surface area contributed by atoms with E-state index in [4.69, 9.17) is 9.47 Å². The van der Waals surface area contributed by atoms with Crippen LogP contribution in [0.25, 0.3) is 0 Å². The third kappa shape index (κ3) is 8.84. The first-order valence-electron chi connectivity index (χ1n) is 19.6. The van der Waals surface area contributed by atoms with Gasteiger partial charge in [-0.05, 0) is 139 Å². The summed E-state index contributed by atoms with van der Waals surface area (Å²) < 4.78 is 10.2. The van der Waals surface area contributed by atoms with Crippen LogP contribution in [0.2, 0.25) is 0 Å². The van der Waals surface area contributed by atoms with Gasteiger partial charge in [0.1, 0.15) is 5.78 Å². The Balaban J connectivity index is 0.000000129. The van der Waals surface area contributed by atoms with Crippen LogP contribution < -0.4 is 0 Å². The van der Waals surface area contributed by atoms with Crippen molar-refractivity contribution in [2.45, 2.75) is 110 Å². The fourth-order valence-electron chi connectivity index (χ4n) is 11.3. The fraction of sp³-hybridized carbons (Fsp3) is 0.636. The van der Waals surface area contributed by atoms with E-state index in [1.807, 2.05) is 67.6 Å². The molecular formula is C44H58O6. The molecule has 1 saturated heterocycles. The molecule has 0 radical (unpaired) electrons. The fourth-order valence-corrected chi connectivity index (χ4v) is 11.3. The molecule has 8 aliphatic carbocycles. The van der Waals surface area contributed by atoms with Gasteiger partial charge < -0.3 is 9.47 Å². The number of ketones is 3. The monoisotopic (exact) mass is 682 g/mol. The average molecular weight is 683 g/mol. The quantitative estimate of drug-likeness (QED) is 0.164. The van der Waals surface area contributed by atoms with Crippen molar-refractivity contribution in [2.24, 2.45) is 46.3 Å². The largest absolute Gasteiger partial charge is 0.466 e. The van der Waals surface area contributed by atoms with Gasteiger partial charge in [-0.25, -0.2) is 0 Å². The molecule has 0 N–H and O–H groups in total. The molecule has 11 rings (SSSR count). The molecule has 2 aromatic carbocycles. The van der Waals surface area contributed by atoms with E-state index in [9.17, 15) is 19.2 Å². The molecule has 9 fully saturated rings. The third-order valence-electron chi connectivity index (χ3n) is 12.8. The summed E-state index contributed by atoms with van der Waals surface area (Å²) in [5, 5.41) is 0. The van der Waals surface area contributed by atoms with E-state index in [1.54, 1.807) is 6.92 Å². The molecule has 8 saturated carbocycles. The number of Topliss-reactive ketones (excluding diaryl/α,β-unsaturated/α-hetero) is 3. The lowest BCUT2D eigenvalue weighted by molar-refractivity contribution is -0.171. The summed E-state index contributed by atoms with van der Waals surface area (Å²) in [6.45, 7) is 6.02. The number of benzene rings is 2. The van der Waals surface area contributed by atoms with Gasteiger partial charge in [-0.3, -0.25) is 19.2 Å². The predicted molar refractivity (Wildman–Crippen MR) is 195 cm³/mol. The van der Waals surface area contributed by atoms with Crippen molar-refractivity contribution in [3.63, 3.8) is 0 Å². The Kier molecular flexibility index (Phi) is 12.1. The summed E-state index contributed by atoms with van der Waals surface area (Å²) in [6.07, 6.45) is 17.4. The molecular weight excluding hydrogens is 624 g/mol. The van der Waals surface area contributed by atoms with Crippen LogP contribution in [0.5, 0.6) is 0 Å². The van der Waals surface area contributed by atoms with Gasteiger partial charge >= 0.3 is 5.97 Å². The van der Waals surface area contributed by atoms with Crippen LogP contribution >= 0.6 is 0 Å². The summed E-state index contributed by atoms with van der Waals surface area (Å²) in [6, 6.07) is 18.5. The molecule has 1 aliphatic heterocycles. The minimum Gasteiger partial charge on any atom is -0.466 e. The molecule has 6 heteroatoms. The first-order valence-corrected chi connectivity index (χ1v) is 19.6. The van der Waals surface area contributed by atoms with Crippen molar-refractivity contribution in [3.05, 3.63) is 71.8 Å². The molecule has 6 nitrogen and oxygen atoms in total. The average Bonchev–Trinajstić information content (AvgIpc) is 3.69. The highest BCUT2D eigenvalue weighted by Crippen LogP contribution is 2.61. The van der Waals surface area contributed by atoms with Gasteiger partial charge in [0.15, 0.2) is 11.6 Å². The van der Waals surface area contributed by atoms with Gasteiger partial charge in [0.05, 0.1) is 18.4 Å². The Hall–Kier alpha value is -3.12. The van der Waals surface area contributed by atoms with Crippen molar-refractivity contribution in [2.75, 3.05) is 19.8 Å². The molecule has 2 aromatic rings. The smallest absolute Gasteiger partial charge is 0.312 e. The molecule has 1 heterocycles. The highest BCUT2D eigenvalue weighted by molar-refractivity contribution is 6.09. The Morgan fingerprint density at radius 1 is 0.620 bits per heavy atom. The van der Waals surface area contributed by atoms with Crippen molar-refractivity contribution in [3.8, 4) is 0 Å². The summed E-state index contributed by atoms with van der Waals surface area (Å²) in [7, 11) is 0. The van der Waals surface area contributed by atoms with Gasteiger partial charge in [0.2, 0.25) is 0 Å². The van der Waals surface area contributed by atoms with Crippen LogP contribution in [-0.2, 0) is 19.1 Å². The number of carbonyl (C=O) groups is 4. The van der Waals surface area contributed by atoms with Gasteiger partial charge in [0, 0.05) is 29.8 Å².